The van der Waals surface area contributed by atoms with Crippen molar-refractivity contribution in [2.45, 2.75) is 0 Å². The number of para-hydroxylation sites is 5. The third-order valence-electron chi connectivity index (χ3n) is 9.87. The number of hydrogen-bond donors (Lipinski definition) is 0. The van der Waals surface area contributed by atoms with E-state index >= 15 is 0 Å². The van der Waals surface area contributed by atoms with Crippen LogP contribution in [0.3, 0.4) is 0 Å². The second-order valence-corrected chi connectivity index (χ2v) is 16.3. The summed E-state index contributed by atoms with van der Waals surface area (Å²) < 4.78 is 260. The molecule has 1 aliphatic heterocycles. The van der Waals surface area contributed by atoms with Crippen LogP contribution in [-0.2, 0) is 0 Å². The Morgan fingerprint density at radius 3 is 1.70 bits per heavy atom. The monoisotopic (exact) mass is 771 g/mol. The normalized spacial score (nSPS) is 21.6. The van der Waals surface area contributed by atoms with Gasteiger partial charge in [0, 0.05) is 38.4 Å². The zero-order chi connectivity index (χ0) is 61.9. The first kappa shape index (κ1) is 14.9. The van der Waals surface area contributed by atoms with E-state index in [1.54, 1.807) is 0 Å². The molecule has 1 unspecified atom stereocenters. The SMILES string of the molecule is [2H]c1c([2H])c([2H])c(-c2nc(-c3c([2H])c([2H])c([2H])c([Si]4(c5ccccc5)c5c([2H])c([2H])c([2H])c([2H])c5-n5c6c([2H])c([2H])c([2H])c([2H])c6c6c([2H])c([2H])c([2H])c4c65)c3[2H])nc(-n3c4c([2H])c([2H])c([2H])c([2H])c4c4c([2H])c([2H])c([2H])c([2H])c43)n2)c([2H])c1[2H]. The first-order valence-electron chi connectivity index (χ1n) is 31.1. The van der Waals surface area contributed by atoms with Crippen molar-refractivity contribution >= 4 is 72.4 Å². The van der Waals surface area contributed by atoms with Gasteiger partial charge >= 0.3 is 0 Å². The van der Waals surface area contributed by atoms with E-state index in [1.165, 1.54) is 30.3 Å². The maximum atomic E-state index is 10.6. The molecule has 8 aromatic carbocycles. The predicted molar refractivity (Wildman–Crippen MR) is 237 cm³/mol. The van der Waals surface area contributed by atoms with Crippen LogP contribution in [0.1, 0.15) is 38.4 Å². The lowest BCUT2D eigenvalue weighted by Crippen LogP contribution is -2.76. The molecule has 1 aliphatic rings. The highest BCUT2D eigenvalue weighted by atomic mass is 28.3. The van der Waals surface area contributed by atoms with Crippen LogP contribution in [0.25, 0.3) is 78.0 Å². The summed E-state index contributed by atoms with van der Waals surface area (Å²) in [6.07, 6.45) is 0. The molecule has 12 rings (SSSR count). The van der Waals surface area contributed by atoms with Gasteiger partial charge in [-0.25, -0.2) is 4.98 Å². The third-order valence-corrected chi connectivity index (χ3v) is 14.3. The second kappa shape index (κ2) is 12.3. The Balaban J connectivity index is 1.35. The van der Waals surface area contributed by atoms with Crippen LogP contribution < -0.4 is 20.7 Å². The van der Waals surface area contributed by atoms with Crippen molar-refractivity contribution in [2.75, 3.05) is 0 Å². The molecular formula is C51H33N5Si. The molecule has 57 heavy (non-hydrogen) atoms. The molecule has 6 heteroatoms. The summed E-state index contributed by atoms with van der Waals surface area (Å²) in [5.41, 5.74) is -4.14. The van der Waals surface area contributed by atoms with Crippen LogP contribution in [0.2, 0.25) is 0 Å². The van der Waals surface area contributed by atoms with E-state index in [0.29, 0.717) is 0 Å². The summed E-state index contributed by atoms with van der Waals surface area (Å²) in [5, 5.41) is -3.33. The van der Waals surface area contributed by atoms with Crippen LogP contribution in [-0.4, -0.2) is 32.2 Å². The molecule has 0 radical (unpaired) electrons. The minimum absolute atomic E-state index is 0.0148. The maximum Gasteiger partial charge on any atom is 0.238 e. The van der Waals surface area contributed by atoms with E-state index in [2.05, 4.69) is 15.0 Å². The molecule has 0 N–H and O–H groups in total. The van der Waals surface area contributed by atoms with Gasteiger partial charge in [-0.1, -0.05) is 175 Å². The summed E-state index contributed by atoms with van der Waals surface area (Å²) in [4.78, 5) is 13.6. The van der Waals surface area contributed by atoms with E-state index in [9.17, 15) is 19.2 Å². The maximum absolute atomic E-state index is 10.6. The van der Waals surface area contributed by atoms with Crippen LogP contribution in [0.15, 0.2) is 200 Å². The van der Waals surface area contributed by atoms with Crippen LogP contribution in [0.5, 0.6) is 0 Å². The summed E-state index contributed by atoms with van der Waals surface area (Å²) in [6.45, 7) is 0. The highest BCUT2D eigenvalue weighted by Gasteiger charge is 2.47. The first-order valence-corrected chi connectivity index (χ1v) is 19.1. The Kier molecular flexibility index (Phi) is 3.22. The van der Waals surface area contributed by atoms with Crippen LogP contribution >= 0.6 is 0 Å². The number of aromatic nitrogens is 5. The van der Waals surface area contributed by atoms with Gasteiger partial charge in [0.15, 0.2) is 19.7 Å². The Hall–Kier alpha value is -7.41. The fourth-order valence-electron chi connectivity index (χ4n) is 7.62. The highest BCUT2D eigenvalue weighted by molar-refractivity contribution is 7.21. The minimum Gasteiger partial charge on any atom is -0.309 e. The second-order valence-electron chi connectivity index (χ2n) is 12.7. The molecule has 4 heterocycles. The number of fused-ring (bicyclic) bond motifs is 8. The molecule has 266 valence electrons. The zero-order valence-electron chi connectivity index (χ0n) is 56.6. The van der Waals surface area contributed by atoms with E-state index in [-0.39, 0.29) is 10.7 Å². The fourth-order valence-corrected chi connectivity index (χ4v) is 12.1. The van der Waals surface area contributed by atoms with E-state index < -0.39 is 265 Å². The van der Waals surface area contributed by atoms with Gasteiger partial charge in [-0.15, -0.1) is 0 Å². The van der Waals surface area contributed by atoms with Gasteiger partial charge in [-0.05, 0) is 44.9 Å². The molecule has 11 aromatic rings. The summed E-state index contributed by atoms with van der Waals surface area (Å²) in [7, 11) is -5.47. The van der Waals surface area contributed by atoms with E-state index in [0.717, 1.165) is 9.13 Å². The third kappa shape index (κ3) is 4.53. The van der Waals surface area contributed by atoms with Gasteiger partial charge in [0.1, 0.15) is 0 Å². The average Bonchev–Trinajstić information content (AvgIpc) is 1.65. The summed E-state index contributed by atoms with van der Waals surface area (Å²) in [5.74, 6) is -2.71. The van der Waals surface area contributed by atoms with Crippen molar-refractivity contribution in [1.29, 1.82) is 0 Å². The molecular weight excluding hydrogens is 711 g/mol. The number of rotatable bonds is 5. The number of benzene rings is 8. The summed E-state index contributed by atoms with van der Waals surface area (Å²) in [6, 6.07) is -17.2. The van der Waals surface area contributed by atoms with Crippen LogP contribution in [0, 0.1) is 0 Å². The van der Waals surface area contributed by atoms with Crippen molar-refractivity contribution in [3.8, 4) is 34.4 Å². The zero-order valence-corrected chi connectivity index (χ0v) is 29.6. The standard InChI is InChI=1S/C51H33N5Si/c1-3-17-34(18-4-1)49-52-50(54-51(53-49)56-43-28-11-7-23-38(43)39-24-8-12-29-44(39)56)35-19-15-22-37(33-35)57(36-20-5-2-6-21-36)46-31-14-13-30-45(46)55-42-27-10-9-25-40(42)41-26-16-32-47(57)48(41)55/h1-33H/i1D,3D,4D,7D,8D,9D,10D,11D,12D,13D,14D,15D,16D,17D,18D,19D,22D,23D,24D,25D,26D,27D,28D,29D,30D,31D,32D,33D. The quantitative estimate of drug-likeness (QED) is 0.164. The number of hydrogen-bond acceptors (Lipinski definition) is 3. The van der Waals surface area contributed by atoms with Gasteiger partial charge < -0.3 is 4.57 Å². The molecule has 0 saturated heterocycles. The van der Waals surface area contributed by atoms with Gasteiger partial charge in [-0.2, -0.15) is 9.97 Å². The van der Waals surface area contributed by atoms with Gasteiger partial charge in [-0.3, -0.25) is 4.57 Å². The molecule has 0 fully saturated rings. The lowest BCUT2D eigenvalue weighted by atomic mass is 10.1. The predicted octanol–water partition coefficient (Wildman–Crippen LogP) is 9.09. The fraction of sp³-hybridized carbons (Fsp3) is 0. The van der Waals surface area contributed by atoms with Crippen molar-refractivity contribution in [1.82, 2.24) is 24.1 Å². The Morgan fingerprint density at radius 2 is 0.965 bits per heavy atom. The lowest BCUT2D eigenvalue weighted by molar-refractivity contribution is 0.953. The molecule has 0 spiro atoms. The first-order chi connectivity index (χ1) is 39.9. The molecule has 1 atom stereocenters. The van der Waals surface area contributed by atoms with Gasteiger partial charge in [0.25, 0.3) is 0 Å². The minimum atomic E-state index is -5.47. The highest BCUT2D eigenvalue weighted by Crippen LogP contribution is 2.36. The molecule has 0 aliphatic carbocycles. The largest absolute Gasteiger partial charge is 0.309 e. The van der Waals surface area contributed by atoms with Crippen molar-refractivity contribution < 1.29 is 38.4 Å². The Labute approximate surface area is 369 Å². The van der Waals surface area contributed by atoms with Crippen molar-refractivity contribution in [2.24, 2.45) is 0 Å². The Morgan fingerprint density at radius 1 is 0.421 bits per heavy atom. The van der Waals surface area contributed by atoms with Gasteiger partial charge in [0.2, 0.25) is 5.95 Å². The smallest absolute Gasteiger partial charge is 0.238 e. The Bertz CT molecular complexity index is 4900. The summed E-state index contributed by atoms with van der Waals surface area (Å²) >= 11 is 0. The molecule has 3 aromatic heterocycles. The van der Waals surface area contributed by atoms with Gasteiger partial charge in [0.05, 0.1) is 60.4 Å². The topological polar surface area (TPSA) is 48.5 Å². The molecule has 0 amide bonds. The van der Waals surface area contributed by atoms with Crippen molar-refractivity contribution in [3.63, 3.8) is 0 Å². The van der Waals surface area contributed by atoms with E-state index in [4.69, 9.17) is 19.2 Å². The number of nitrogens with zero attached hydrogens (tertiary/aromatic N) is 5. The van der Waals surface area contributed by atoms with Crippen molar-refractivity contribution in [3.05, 3.63) is 200 Å². The average molecular weight is 772 g/mol. The van der Waals surface area contributed by atoms with E-state index in [1.807, 2.05) is 0 Å². The molecule has 0 saturated carbocycles. The molecule has 5 nitrogen and oxygen atoms in total. The lowest BCUT2D eigenvalue weighted by Gasteiger charge is -2.39. The molecule has 0 bridgehead atoms. The van der Waals surface area contributed by atoms with Crippen LogP contribution in [0.4, 0.5) is 0 Å².